The molecule has 29 heavy (non-hydrogen) atoms. The van der Waals surface area contributed by atoms with Crippen molar-refractivity contribution in [3.05, 3.63) is 70.8 Å². The van der Waals surface area contributed by atoms with Gasteiger partial charge < -0.3 is 15.2 Å². The first kappa shape index (κ1) is 18.1. The molecule has 0 spiro atoms. The number of hydrogen-bond acceptors (Lipinski definition) is 3. The second-order valence-electron chi connectivity index (χ2n) is 8.86. The fraction of sp³-hybridized carbons (Fsp3) is 0.292. The molecule has 2 aromatic carbocycles. The van der Waals surface area contributed by atoms with Gasteiger partial charge in [0.25, 0.3) is 0 Å². The van der Waals surface area contributed by atoms with Crippen LogP contribution in [0, 0.1) is 11.2 Å². The van der Waals surface area contributed by atoms with Crippen LogP contribution in [0.15, 0.2) is 42.5 Å². The number of rotatable bonds is 2. The van der Waals surface area contributed by atoms with Crippen LogP contribution < -0.4 is 0 Å². The third-order valence-electron chi connectivity index (χ3n) is 5.95. The summed E-state index contributed by atoms with van der Waals surface area (Å²) in [5.74, 6) is -0.988. The summed E-state index contributed by atoms with van der Waals surface area (Å²) in [6.07, 6.45) is 1.35. The van der Waals surface area contributed by atoms with E-state index in [1.807, 2.05) is 18.2 Å². The van der Waals surface area contributed by atoms with Crippen LogP contribution in [0.3, 0.4) is 0 Å². The number of phenols is 1. The van der Waals surface area contributed by atoms with Gasteiger partial charge in [0.05, 0.1) is 17.3 Å². The second kappa shape index (κ2) is 6.29. The Morgan fingerprint density at radius 2 is 2.00 bits per heavy atom. The molecule has 0 radical (unpaired) electrons. The van der Waals surface area contributed by atoms with E-state index in [2.05, 4.69) is 24.9 Å². The van der Waals surface area contributed by atoms with Crippen LogP contribution in [0.1, 0.15) is 48.9 Å². The van der Waals surface area contributed by atoms with Gasteiger partial charge in [0.1, 0.15) is 0 Å². The highest BCUT2D eigenvalue weighted by Crippen LogP contribution is 2.45. The fourth-order valence-electron chi connectivity index (χ4n) is 4.69. The molecule has 1 aliphatic rings. The molecule has 0 saturated carbocycles. The second-order valence-corrected chi connectivity index (χ2v) is 8.86. The summed E-state index contributed by atoms with van der Waals surface area (Å²) in [4.78, 5) is 8.42. The zero-order valence-electron chi connectivity index (χ0n) is 16.5. The predicted octanol–water partition coefficient (Wildman–Crippen LogP) is 5.16. The first-order valence-corrected chi connectivity index (χ1v) is 9.90. The number of hydrogen-bond donors (Lipinski definition) is 3. The number of aliphatic hydroxyl groups is 1. The molecular formula is C24H23FN2O2. The molecular weight excluding hydrogens is 367 g/mol. The molecule has 0 bridgehead atoms. The van der Waals surface area contributed by atoms with Crippen molar-refractivity contribution in [1.82, 2.24) is 9.97 Å². The molecule has 1 aliphatic carbocycles. The number of pyridine rings is 1. The lowest BCUT2D eigenvalue weighted by Gasteiger charge is -2.34. The Balaban J connectivity index is 1.78. The average molecular weight is 390 g/mol. The number of nitrogens with one attached hydrogen (secondary N) is 1. The highest BCUT2D eigenvalue weighted by molar-refractivity contribution is 6.10. The zero-order valence-corrected chi connectivity index (χ0v) is 16.5. The van der Waals surface area contributed by atoms with Crippen LogP contribution in [-0.4, -0.2) is 20.2 Å². The maximum atomic E-state index is 13.9. The topological polar surface area (TPSA) is 69.1 Å². The van der Waals surface area contributed by atoms with Crippen molar-refractivity contribution in [2.45, 2.75) is 39.2 Å². The maximum absolute atomic E-state index is 13.9. The molecule has 4 nitrogen and oxygen atoms in total. The van der Waals surface area contributed by atoms with Gasteiger partial charge in [0.2, 0.25) is 0 Å². The molecule has 5 rings (SSSR count). The number of aromatic hydroxyl groups is 1. The number of aliphatic hydroxyl groups excluding tert-OH is 1. The fourth-order valence-corrected chi connectivity index (χ4v) is 4.69. The summed E-state index contributed by atoms with van der Waals surface area (Å²) < 4.78 is 13.9. The highest BCUT2D eigenvalue weighted by Gasteiger charge is 2.35. The van der Waals surface area contributed by atoms with Crippen molar-refractivity contribution < 1.29 is 14.6 Å². The molecule has 0 fully saturated rings. The highest BCUT2D eigenvalue weighted by atomic mass is 19.1. The molecule has 1 atom stereocenters. The number of aromatic nitrogens is 2. The summed E-state index contributed by atoms with van der Waals surface area (Å²) in [7, 11) is 0. The van der Waals surface area contributed by atoms with E-state index in [-0.39, 0.29) is 11.2 Å². The molecule has 0 unspecified atom stereocenters. The van der Waals surface area contributed by atoms with Crippen molar-refractivity contribution >= 4 is 21.8 Å². The number of halogens is 1. The van der Waals surface area contributed by atoms with Crippen LogP contribution in [0.4, 0.5) is 4.39 Å². The van der Waals surface area contributed by atoms with Crippen LogP contribution in [0.5, 0.6) is 5.75 Å². The largest absolute Gasteiger partial charge is 0.505 e. The van der Waals surface area contributed by atoms with Gasteiger partial charge in [0.15, 0.2) is 11.6 Å². The van der Waals surface area contributed by atoms with Crippen LogP contribution in [0.25, 0.3) is 21.8 Å². The lowest BCUT2D eigenvalue weighted by molar-refractivity contribution is 0.0997. The van der Waals surface area contributed by atoms with Gasteiger partial charge in [-0.15, -0.1) is 0 Å². The molecule has 0 aliphatic heterocycles. The number of fused-ring (bicyclic) bond motifs is 5. The number of H-pyrrole nitrogens is 1. The number of nitrogens with zero attached hydrogens (tertiary/aromatic N) is 1. The Bertz CT molecular complexity index is 1260. The molecule has 2 heterocycles. The number of phenolic OH excluding ortho intramolecular Hbond substituents is 1. The number of benzene rings is 2. The van der Waals surface area contributed by atoms with Crippen LogP contribution in [0.2, 0.25) is 0 Å². The van der Waals surface area contributed by atoms with Crippen LogP contribution in [-0.2, 0) is 12.8 Å². The molecule has 0 amide bonds. The molecule has 2 aromatic heterocycles. The van der Waals surface area contributed by atoms with Crippen LogP contribution >= 0.6 is 0 Å². The first-order valence-electron chi connectivity index (χ1n) is 9.90. The first-order chi connectivity index (χ1) is 13.8. The Hall–Kier alpha value is -2.92. The summed E-state index contributed by atoms with van der Waals surface area (Å²) in [5, 5.41) is 22.6. The predicted molar refractivity (Wildman–Crippen MR) is 112 cm³/mol. The van der Waals surface area contributed by atoms with Gasteiger partial charge in [-0.05, 0) is 42.0 Å². The maximum Gasteiger partial charge on any atom is 0.165 e. The zero-order chi connectivity index (χ0) is 20.3. The van der Waals surface area contributed by atoms with Crippen molar-refractivity contribution in [2.24, 2.45) is 5.41 Å². The van der Waals surface area contributed by atoms with Crippen molar-refractivity contribution in [3.63, 3.8) is 0 Å². The minimum absolute atomic E-state index is 0.0406. The Morgan fingerprint density at radius 1 is 1.21 bits per heavy atom. The quantitative estimate of drug-likeness (QED) is 0.443. The Kier molecular flexibility index (Phi) is 3.93. The monoisotopic (exact) mass is 390 g/mol. The summed E-state index contributed by atoms with van der Waals surface area (Å²) in [6, 6.07) is 12.5. The van der Waals surface area contributed by atoms with E-state index in [0.29, 0.717) is 12.8 Å². The lowest BCUT2D eigenvalue weighted by Crippen LogP contribution is -2.27. The van der Waals surface area contributed by atoms with E-state index in [9.17, 15) is 14.6 Å². The van der Waals surface area contributed by atoms with E-state index in [1.165, 1.54) is 12.1 Å². The number of aromatic amines is 1. The van der Waals surface area contributed by atoms with Gasteiger partial charge in [-0.1, -0.05) is 38.1 Å². The molecule has 5 heteroatoms. The van der Waals surface area contributed by atoms with Gasteiger partial charge in [-0.25, -0.2) is 4.39 Å². The van der Waals surface area contributed by atoms with E-state index in [1.54, 1.807) is 6.07 Å². The molecule has 4 aromatic rings. The van der Waals surface area contributed by atoms with Crippen molar-refractivity contribution in [1.29, 1.82) is 0 Å². The van der Waals surface area contributed by atoms with Crippen molar-refractivity contribution in [2.75, 3.05) is 0 Å². The minimum Gasteiger partial charge on any atom is -0.505 e. The summed E-state index contributed by atoms with van der Waals surface area (Å²) >= 11 is 0. The standard InChI is InChI=1S/C24H23FN2O2/c1-24(2)11-18-22(20(29)12-24)21-14-5-3-4-6-16(14)27-23(21)17(26-18)10-13-7-8-19(28)15(25)9-13/h3-9,20,27-29H,10-12H2,1-2H3/t20-/m0/s1. The Morgan fingerprint density at radius 3 is 2.79 bits per heavy atom. The summed E-state index contributed by atoms with van der Waals surface area (Å²) in [5.41, 5.74) is 5.23. The lowest BCUT2D eigenvalue weighted by atomic mass is 9.74. The SMILES string of the molecule is CC1(C)Cc2nc(Cc3ccc(O)c(F)c3)c3[nH]c4ccccc4c3c2[C@@H](O)C1. The molecule has 0 saturated heterocycles. The van der Waals surface area contributed by atoms with E-state index >= 15 is 0 Å². The smallest absolute Gasteiger partial charge is 0.165 e. The van der Waals surface area contributed by atoms with E-state index in [4.69, 9.17) is 4.98 Å². The normalized spacial score (nSPS) is 18.3. The summed E-state index contributed by atoms with van der Waals surface area (Å²) in [6.45, 7) is 4.30. The van der Waals surface area contributed by atoms with Gasteiger partial charge in [0, 0.05) is 34.0 Å². The van der Waals surface area contributed by atoms with E-state index in [0.717, 1.165) is 50.7 Å². The van der Waals surface area contributed by atoms with Gasteiger partial charge in [-0.2, -0.15) is 0 Å². The third-order valence-corrected chi connectivity index (χ3v) is 5.95. The number of para-hydroxylation sites is 1. The average Bonchev–Trinajstić information content (AvgIpc) is 3.03. The van der Waals surface area contributed by atoms with Crippen molar-refractivity contribution in [3.8, 4) is 5.75 Å². The minimum atomic E-state index is -0.634. The van der Waals surface area contributed by atoms with Gasteiger partial charge in [-0.3, -0.25) is 4.98 Å². The van der Waals surface area contributed by atoms with Gasteiger partial charge >= 0.3 is 0 Å². The Labute approximate surface area is 168 Å². The van der Waals surface area contributed by atoms with E-state index < -0.39 is 11.9 Å². The third kappa shape index (κ3) is 2.97. The molecule has 3 N–H and O–H groups in total. The molecule has 148 valence electrons.